The number of rotatable bonds is 7. The summed E-state index contributed by atoms with van der Waals surface area (Å²) < 4.78 is 0. The largest absolute Gasteiger partial charge is 0.372 e. The van der Waals surface area contributed by atoms with Gasteiger partial charge in [0.2, 0.25) is 0 Å². The van der Waals surface area contributed by atoms with Gasteiger partial charge in [-0.05, 0) is 69.2 Å². The number of nitrogens with one attached hydrogen (secondary N) is 1. The molecule has 5 heteroatoms. The fraction of sp³-hybridized carbons (Fsp3) is 0.214. The molecule has 0 aromatic heterocycles. The van der Waals surface area contributed by atoms with Gasteiger partial charge in [0.25, 0.3) is 11.8 Å². The van der Waals surface area contributed by atoms with E-state index >= 15 is 0 Å². The molecule has 5 nitrogen and oxygen atoms in total. The summed E-state index contributed by atoms with van der Waals surface area (Å²) in [5.41, 5.74) is 5.98. The van der Waals surface area contributed by atoms with Gasteiger partial charge >= 0.3 is 0 Å². The van der Waals surface area contributed by atoms with Crippen molar-refractivity contribution in [1.82, 2.24) is 0 Å². The highest BCUT2D eigenvalue weighted by atomic mass is 16.2. The van der Waals surface area contributed by atoms with E-state index in [4.69, 9.17) is 0 Å². The molecular weight excluding hydrogens is 410 g/mol. The Labute approximate surface area is 195 Å². The number of hydrogen-bond donors (Lipinski definition) is 1. The second kappa shape index (κ2) is 9.33. The summed E-state index contributed by atoms with van der Waals surface area (Å²) in [4.78, 5) is 30.7. The van der Waals surface area contributed by atoms with Crippen molar-refractivity contribution in [2.75, 3.05) is 28.2 Å². The van der Waals surface area contributed by atoms with Gasteiger partial charge in [-0.15, -0.1) is 0 Å². The monoisotopic (exact) mass is 439 g/mol. The lowest BCUT2D eigenvalue weighted by Crippen LogP contribution is -2.32. The molecule has 0 unspecified atom stereocenters. The highest BCUT2D eigenvalue weighted by Gasteiger charge is 2.40. The van der Waals surface area contributed by atoms with Crippen LogP contribution in [0.1, 0.15) is 30.5 Å². The van der Waals surface area contributed by atoms with E-state index in [-0.39, 0.29) is 11.8 Å². The molecule has 0 atom stereocenters. The van der Waals surface area contributed by atoms with Crippen LogP contribution in [0.25, 0.3) is 5.57 Å². The van der Waals surface area contributed by atoms with Crippen LogP contribution in [-0.4, -0.2) is 24.9 Å². The molecule has 1 N–H and O–H groups in total. The highest BCUT2D eigenvalue weighted by Crippen LogP contribution is 2.35. The Balaban J connectivity index is 1.75. The summed E-state index contributed by atoms with van der Waals surface area (Å²) in [7, 11) is 0. The van der Waals surface area contributed by atoms with Crippen molar-refractivity contribution in [3.8, 4) is 0 Å². The third kappa shape index (κ3) is 4.27. The van der Waals surface area contributed by atoms with Crippen molar-refractivity contribution in [3.63, 3.8) is 0 Å². The first-order valence-electron chi connectivity index (χ1n) is 11.3. The first-order chi connectivity index (χ1) is 15.9. The molecule has 0 saturated carbocycles. The van der Waals surface area contributed by atoms with Crippen LogP contribution in [-0.2, 0) is 9.59 Å². The van der Waals surface area contributed by atoms with E-state index in [1.807, 2.05) is 80.6 Å². The van der Waals surface area contributed by atoms with E-state index in [1.54, 1.807) is 0 Å². The van der Waals surface area contributed by atoms with Crippen molar-refractivity contribution in [1.29, 1.82) is 0 Å². The lowest BCUT2D eigenvalue weighted by atomic mass is 10.0. The number of benzene rings is 3. The first kappa shape index (κ1) is 22.3. The van der Waals surface area contributed by atoms with Gasteiger partial charge in [0.15, 0.2) is 0 Å². The van der Waals surface area contributed by atoms with E-state index < -0.39 is 0 Å². The fourth-order valence-electron chi connectivity index (χ4n) is 4.24. The maximum absolute atomic E-state index is 13.6. The lowest BCUT2D eigenvalue weighted by molar-refractivity contribution is -0.120. The van der Waals surface area contributed by atoms with Crippen LogP contribution in [0.4, 0.5) is 17.1 Å². The molecule has 0 fully saturated rings. The summed E-state index contributed by atoms with van der Waals surface area (Å²) in [5.74, 6) is -0.677. The number of hydrogen-bond acceptors (Lipinski definition) is 4. The molecule has 3 aromatic carbocycles. The molecule has 0 saturated heterocycles. The van der Waals surface area contributed by atoms with Gasteiger partial charge in [-0.3, -0.25) is 9.59 Å². The molecular formula is C28H29N3O2. The number of aryl methyl sites for hydroxylation is 2. The summed E-state index contributed by atoms with van der Waals surface area (Å²) in [6.07, 6.45) is 0. The number of imide groups is 1. The molecule has 33 heavy (non-hydrogen) atoms. The summed E-state index contributed by atoms with van der Waals surface area (Å²) in [6, 6.07) is 22.9. The molecule has 1 aliphatic rings. The minimum atomic E-state index is -0.352. The summed E-state index contributed by atoms with van der Waals surface area (Å²) in [6.45, 7) is 10.0. The lowest BCUT2D eigenvalue weighted by Gasteiger charge is -2.22. The van der Waals surface area contributed by atoms with E-state index in [0.29, 0.717) is 22.5 Å². The zero-order chi connectivity index (χ0) is 23.5. The van der Waals surface area contributed by atoms with Gasteiger partial charge in [-0.2, -0.15) is 0 Å². The molecule has 0 aliphatic carbocycles. The fourth-order valence-corrected chi connectivity index (χ4v) is 4.24. The average Bonchev–Trinajstić information content (AvgIpc) is 3.07. The maximum Gasteiger partial charge on any atom is 0.282 e. The normalized spacial score (nSPS) is 13.6. The molecule has 3 aromatic rings. The van der Waals surface area contributed by atoms with Crippen molar-refractivity contribution < 1.29 is 9.59 Å². The first-order valence-corrected chi connectivity index (χ1v) is 11.3. The second-order valence-corrected chi connectivity index (χ2v) is 8.19. The number of carbonyl (C=O) groups excluding carboxylic acids is 2. The van der Waals surface area contributed by atoms with Crippen molar-refractivity contribution in [2.45, 2.75) is 27.7 Å². The Bertz CT molecular complexity index is 1210. The van der Waals surface area contributed by atoms with Crippen LogP contribution in [0.15, 0.2) is 78.5 Å². The Morgan fingerprint density at radius 3 is 2.09 bits per heavy atom. The minimum Gasteiger partial charge on any atom is -0.372 e. The quantitative estimate of drug-likeness (QED) is 0.491. The molecule has 1 heterocycles. The average molecular weight is 440 g/mol. The van der Waals surface area contributed by atoms with E-state index in [1.165, 1.54) is 4.90 Å². The molecule has 2 amide bonds. The van der Waals surface area contributed by atoms with Gasteiger partial charge in [0.1, 0.15) is 5.70 Å². The number of carbonyl (C=O) groups is 2. The molecule has 0 radical (unpaired) electrons. The molecule has 1 aliphatic heterocycles. The van der Waals surface area contributed by atoms with Crippen LogP contribution < -0.4 is 15.1 Å². The van der Waals surface area contributed by atoms with E-state index in [2.05, 4.69) is 30.1 Å². The van der Waals surface area contributed by atoms with E-state index in [9.17, 15) is 9.59 Å². The number of amides is 2. The van der Waals surface area contributed by atoms with Crippen LogP contribution in [0.2, 0.25) is 0 Å². The van der Waals surface area contributed by atoms with Crippen molar-refractivity contribution in [3.05, 3.63) is 95.2 Å². The van der Waals surface area contributed by atoms with Crippen LogP contribution in [0.3, 0.4) is 0 Å². The second-order valence-electron chi connectivity index (χ2n) is 8.19. The van der Waals surface area contributed by atoms with Crippen LogP contribution in [0.5, 0.6) is 0 Å². The Kier molecular flexibility index (Phi) is 6.31. The molecule has 0 bridgehead atoms. The van der Waals surface area contributed by atoms with Gasteiger partial charge < -0.3 is 10.2 Å². The van der Waals surface area contributed by atoms with Gasteiger partial charge in [-0.25, -0.2) is 4.90 Å². The maximum atomic E-state index is 13.6. The Morgan fingerprint density at radius 1 is 0.818 bits per heavy atom. The zero-order valence-electron chi connectivity index (χ0n) is 19.6. The smallest absolute Gasteiger partial charge is 0.282 e. The third-order valence-corrected chi connectivity index (χ3v) is 6.02. The molecule has 168 valence electrons. The summed E-state index contributed by atoms with van der Waals surface area (Å²) in [5, 5.41) is 3.27. The Morgan fingerprint density at radius 2 is 1.48 bits per heavy atom. The molecule has 0 spiro atoms. The minimum absolute atomic E-state index is 0.297. The standard InChI is InChI=1S/C28H29N3O2/c1-5-30(6-2)22-13-15-23(16-14-22)31-27(32)25(21-10-8-7-9-11-21)26(28(31)33)29-24-17-12-19(3)18-20(24)4/h7-18,29H,5-6H2,1-4H3. The van der Waals surface area contributed by atoms with Crippen LogP contribution in [0, 0.1) is 13.8 Å². The zero-order valence-corrected chi connectivity index (χ0v) is 19.6. The predicted molar refractivity (Wildman–Crippen MR) is 135 cm³/mol. The van der Waals surface area contributed by atoms with Crippen LogP contribution >= 0.6 is 0 Å². The Hall–Kier alpha value is -3.86. The van der Waals surface area contributed by atoms with Gasteiger partial charge in [0, 0.05) is 24.5 Å². The highest BCUT2D eigenvalue weighted by molar-refractivity contribution is 6.46. The van der Waals surface area contributed by atoms with Crippen molar-refractivity contribution >= 4 is 34.4 Å². The van der Waals surface area contributed by atoms with Gasteiger partial charge in [0.05, 0.1) is 11.3 Å². The SMILES string of the molecule is CCN(CC)c1ccc(N2C(=O)C(Nc3ccc(C)cc3C)=C(c3ccccc3)C2=O)cc1. The number of nitrogens with zero attached hydrogens (tertiary/aromatic N) is 2. The third-order valence-electron chi connectivity index (χ3n) is 6.02. The molecule has 4 rings (SSSR count). The van der Waals surface area contributed by atoms with Gasteiger partial charge in [-0.1, -0.05) is 48.0 Å². The van der Waals surface area contributed by atoms with E-state index in [0.717, 1.165) is 35.6 Å². The summed E-state index contributed by atoms with van der Waals surface area (Å²) >= 11 is 0. The number of anilines is 3. The predicted octanol–water partition coefficient (Wildman–Crippen LogP) is 5.55. The topological polar surface area (TPSA) is 52.6 Å². The van der Waals surface area contributed by atoms with Crippen molar-refractivity contribution in [2.24, 2.45) is 0 Å².